The quantitative estimate of drug-likeness (QED) is 0.882. The maximum atomic E-state index is 12.1. The number of thiophene rings is 1. The SMILES string of the molecule is CN(CCC(F)(F)F)C(=O)c1cc2cc(N)ccc2s1. The molecule has 0 atom stereocenters. The van der Waals surface area contributed by atoms with E-state index in [0.29, 0.717) is 10.6 Å². The zero-order chi connectivity index (χ0) is 14.9. The fourth-order valence-electron chi connectivity index (χ4n) is 1.75. The number of amides is 1. The van der Waals surface area contributed by atoms with E-state index in [1.165, 1.54) is 18.4 Å². The molecule has 0 saturated carbocycles. The molecular formula is C13H13F3N2OS. The third-order valence-corrected chi connectivity index (χ3v) is 3.93. The van der Waals surface area contributed by atoms with Crippen molar-refractivity contribution in [1.29, 1.82) is 0 Å². The lowest BCUT2D eigenvalue weighted by Crippen LogP contribution is -2.29. The number of carbonyl (C=O) groups excluding carboxylic acids is 1. The Labute approximate surface area is 117 Å². The second-order valence-electron chi connectivity index (χ2n) is 4.50. The van der Waals surface area contributed by atoms with Crippen molar-refractivity contribution < 1.29 is 18.0 Å². The third-order valence-electron chi connectivity index (χ3n) is 2.83. The summed E-state index contributed by atoms with van der Waals surface area (Å²) in [7, 11) is 1.37. The Morgan fingerprint density at radius 1 is 1.35 bits per heavy atom. The van der Waals surface area contributed by atoms with E-state index in [9.17, 15) is 18.0 Å². The summed E-state index contributed by atoms with van der Waals surface area (Å²) in [5.74, 6) is -0.408. The van der Waals surface area contributed by atoms with Crippen LogP contribution in [0.5, 0.6) is 0 Å². The van der Waals surface area contributed by atoms with Gasteiger partial charge in [-0.1, -0.05) is 0 Å². The molecule has 1 amide bonds. The minimum Gasteiger partial charge on any atom is -0.399 e. The second kappa shape index (κ2) is 5.32. The van der Waals surface area contributed by atoms with Crippen molar-refractivity contribution in [1.82, 2.24) is 4.90 Å². The summed E-state index contributed by atoms with van der Waals surface area (Å²) in [6, 6.07) is 6.91. The van der Waals surface area contributed by atoms with E-state index in [0.717, 1.165) is 15.0 Å². The average Bonchev–Trinajstić information content (AvgIpc) is 2.76. The third kappa shape index (κ3) is 3.41. The molecule has 2 aromatic rings. The van der Waals surface area contributed by atoms with Crippen LogP contribution < -0.4 is 5.73 Å². The summed E-state index contributed by atoms with van der Waals surface area (Å²) in [5, 5.41) is 0.822. The van der Waals surface area contributed by atoms with Gasteiger partial charge in [-0.25, -0.2) is 0 Å². The van der Waals surface area contributed by atoms with E-state index < -0.39 is 18.5 Å². The lowest BCUT2D eigenvalue weighted by Gasteiger charge is -2.17. The van der Waals surface area contributed by atoms with Gasteiger partial charge in [-0.2, -0.15) is 13.2 Å². The van der Waals surface area contributed by atoms with Crippen molar-refractivity contribution in [2.24, 2.45) is 0 Å². The largest absolute Gasteiger partial charge is 0.399 e. The summed E-state index contributed by atoms with van der Waals surface area (Å²) in [6.07, 6.45) is -5.27. The minimum absolute atomic E-state index is 0.348. The lowest BCUT2D eigenvalue weighted by molar-refractivity contribution is -0.136. The number of rotatable bonds is 3. The molecule has 0 fully saturated rings. The Morgan fingerprint density at radius 2 is 2.05 bits per heavy atom. The number of alkyl halides is 3. The summed E-state index contributed by atoms with van der Waals surface area (Å²) < 4.78 is 37.3. The molecule has 7 heteroatoms. The molecule has 0 saturated heterocycles. The highest BCUT2D eigenvalue weighted by atomic mass is 32.1. The summed E-state index contributed by atoms with van der Waals surface area (Å²) in [4.78, 5) is 13.6. The van der Waals surface area contributed by atoms with Crippen LogP contribution in [0, 0.1) is 0 Å². The molecule has 1 aromatic carbocycles. The maximum absolute atomic E-state index is 12.1. The Morgan fingerprint density at radius 3 is 2.70 bits per heavy atom. The molecule has 20 heavy (non-hydrogen) atoms. The van der Waals surface area contributed by atoms with Crippen LogP contribution >= 0.6 is 11.3 Å². The van der Waals surface area contributed by atoms with Crippen molar-refractivity contribution in [3.8, 4) is 0 Å². The van der Waals surface area contributed by atoms with Gasteiger partial charge in [-0.05, 0) is 29.7 Å². The minimum atomic E-state index is -4.26. The van der Waals surface area contributed by atoms with Crippen LogP contribution in [0.1, 0.15) is 16.1 Å². The second-order valence-corrected chi connectivity index (χ2v) is 5.58. The van der Waals surface area contributed by atoms with Crippen LogP contribution in [0.3, 0.4) is 0 Å². The number of benzene rings is 1. The highest BCUT2D eigenvalue weighted by Gasteiger charge is 2.28. The van der Waals surface area contributed by atoms with Gasteiger partial charge in [0.05, 0.1) is 11.3 Å². The molecule has 0 bridgehead atoms. The standard InChI is InChI=1S/C13H13F3N2OS/c1-18(5-4-13(14,15)16)12(19)11-7-8-6-9(17)2-3-10(8)20-11/h2-3,6-7H,4-5,17H2,1H3. The van der Waals surface area contributed by atoms with Gasteiger partial charge in [0.1, 0.15) is 0 Å². The zero-order valence-electron chi connectivity index (χ0n) is 10.7. The molecular weight excluding hydrogens is 289 g/mol. The number of hydrogen-bond donors (Lipinski definition) is 1. The van der Waals surface area contributed by atoms with Crippen molar-refractivity contribution >= 4 is 33.0 Å². The molecule has 0 radical (unpaired) electrons. The molecule has 0 spiro atoms. The van der Waals surface area contributed by atoms with E-state index in [1.807, 2.05) is 0 Å². The Kier molecular flexibility index (Phi) is 3.89. The Bertz CT molecular complexity index is 636. The predicted molar refractivity (Wildman–Crippen MR) is 73.9 cm³/mol. The molecule has 0 aliphatic carbocycles. The highest BCUT2D eigenvalue weighted by molar-refractivity contribution is 7.20. The molecule has 3 nitrogen and oxygen atoms in total. The summed E-state index contributed by atoms with van der Waals surface area (Å²) in [5.41, 5.74) is 6.23. The van der Waals surface area contributed by atoms with E-state index in [4.69, 9.17) is 5.73 Å². The van der Waals surface area contributed by atoms with E-state index in [2.05, 4.69) is 0 Å². The van der Waals surface area contributed by atoms with Crippen LogP contribution in [-0.2, 0) is 0 Å². The number of nitrogen functional groups attached to an aromatic ring is 1. The van der Waals surface area contributed by atoms with Crippen molar-refractivity contribution in [2.45, 2.75) is 12.6 Å². The van der Waals surface area contributed by atoms with Gasteiger partial charge in [0.25, 0.3) is 5.91 Å². The molecule has 0 aliphatic heterocycles. The number of nitrogens with two attached hydrogens (primary N) is 1. The van der Waals surface area contributed by atoms with Crippen LogP contribution in [0.25, 0.3) is 10.1 Å². The molecule has 1 aromatic heterocycles. The molecule has 108 valence electrons. The Hall–Kier alpha value is -1.76. The van der Waals surface area contributed by atoms with Gasteiger partial charge < -0.3 is 10.6 Å². The monoisotopic (exact) mass is 302 g/mol. The highest BCUT2D eigenvalue weighted by Crippen LogP contribution is 2.28. The van der Waals surface area contributed by atoms with Crippen LogP contribution in [0.2, 0.25) is 0 Å². The first-order valence-electron chi connectivity index (χ1n) is 5.87. The lowest BCUT2D eigenvalue weighted by atomic mass is 10.2. The number of nitrogens with zero attached hydrogens (tertiary/aromatic N) is 1. The van der Waals surface area contributed by atoms with Crippen LogP contribution in [-0.4, -0.2) is 30.6 Å². The van der Waals surface area contributed by atoms with E-state index in [1.54, 1.807) is 24.3 Å². The fraction of sp³-hybridized carbons (Fsp3) is 0.308. The topological polar surface area (TPSA) is 46.3 Å². The Balaban J connectivity index is 2.14. The maximum Gasteiger partial charge on any atom is 0.390 e. The van der Waals surface area contributed by atoms with Crippen LogP contribution in [0.4, 0.5) is 18.9 Å². The molecule has 0 aliphatic rings. The summed E-state index contributed by atoms with van der Waals surface area (Å²) in [6.45, 7) is -0.348. The number of halogens is 3. The van der Waals surface area contributed by atoms with Gasteiger partial charge in [0.2, 0.25) is 0 Å². The summed E-state index contributed by atoms with van der Waals surface area (Å²) >= 11 is 1.25. The van der Waals surface area contributed by atoms with Gasteiger partial charge >= 0.3 is 6.18 Å². The molecule has 2 rings (SSSR count). The molecule has 1 heterocycles. The van der Waals surface area contributed by atoms with Crippen molar-refractivity contribution in [3.05, 3.63) is 29.1 Å². The van der Waals surface area contributed by atoms with Gasteiger partial charge in [-0.3, -0.25) is 4.79 Å². The van der Waals surface area contributed by atoms with Gasteiger partial charge in [0, 0.05) is 24.0 Å². The fourth-order valence-corrected chi connectivity index (χ4v) is 2.79. The molecule has 0 unspecified atom stereocenters. The van der Waals surface area contributed by atoms with Gasteiger partial charge in [0.15, 0.2) is 0 Å². The average molecular weight is 302 g/mol. The first kappa shape index (κ1) is 14.6. The molecule has 2 N–H and O–H groups in total. The van der Waals surface area contributed by atoms with E-state index >= 15 is 0 Å². The van der Waals surface area contributed by atoms with Crippen LogP contribution in [0.15, 0.2) is 24.3 Å². The number of hydrogen-bond acceptors (Lipinski definition) is 3. The van der Waals surface area contributed by atoms with Crippen molar-refractivity contribution in [2.75, 3.05) is 19.3 Å². The predicted octanol–water partition coefficient (Wildman–Crippen LogP) is 3.51. The number of fused-ring (bicyclic) bond motifs is 1. The van der Waals surface area contributed by atoms with Crippen molar-refractivity contribution in [3.63, 3.8) is 0 Å². The normalized spacial score (nSPS) is 11.8. The van der Waals surface area contributed by atoms with E-state index in [-0.39, 0.29) is 6.54 Å². The van der Waals surface area contributed by atoms with Gasteiger partial charge in [-0.15, -0.1) is 11.3 Å². The number of carbonyl (C=O) groups is 1. The number of anilines is 1. The zero-order valence-corrected chi connectivity index (χ0v) is 11.5. The smallest absolute Gasteiger partial charge is 0.390 e. The first-order valence-corrected chi connectivity index (χ1v) is 6.69. The first-order chi connectivity index (χ1) is 9.26.